The van der Waals surface area contributed by atoms with Crippen LogP contribution >= 0.6 is 11.6 Å². The first kappa shape index (κ1) is 29.0. The minimum Gasteiger partial charge on any atom is -0.506 e. The standard InChI is InChI=1S/C23H23ClN2O13/c24-11-13(27)10(16(30)19(33)17(11)31)21(35)23(38,39)26-5-4-25-12-14(28)9(15(29)20(34)18(12)32)7-2-1-3-8(6-7)22(36)37/h1-3,6,21,25-35,38-39H,4-5H2,(H,36,37). The van der Waals surface area contributed by atoms with Gasteiger partial charge in [-0.15, -0.1) is 0 Å². The van der Waals surface area contributed by atoms with Crippen LogP contribution in [0.4, 0.5) is 5.69 Å². The van der Waals surface area contributed by atoms with Crippen LogP contribution in [0.15, 0.2) is 24.3 Å². The smallest absolute Gasteiger partial charge is 0.335 e. The van der Waals surface area contributed by atoms with E-state index in [2.05, 4.69) is 5.32 Å². The van der Waals surface area contributed by atoms with E-state index in [-0.39, 0.29) is 11.1 Å². The summed E-state index contributed by atoms with van der Waals surface area (Å²) in [6, 6.07) is 4.95. The Morgan fingerprint density at radius 1 is 0.821 bits per heavy atom. The fourth-order valence-electron chi connectivity index (χ4n) is 3.62. The minimum atomic E-state index is -3.31. The quantitative estimate of drug-likeness (QED) is 0.0729. The zero-order valence-electron chi connectivity index (χ0n) is 19.5. The van der Waals surface area contributed by atoms with Gasteiger partial charge in [-0.2, -0.15) is 0 Å². The Balaban J connectivity index is 1.83. The topological polar surface area (TPSA) is 284 Å². The van der Waals surface area contributed by atoms with E-state index in [1.807, 2.05) is 5.32 Å². The average molecular weight is 571 g/mol. The molecule has 1 atom stereocenters. The van der Waals surface area contributed by atoms with Crippen molar-refractivity contribution >= 4 is 23.3 Å². The number of aliphatic hydroxyl groups is 3. The second kappa shape index (κ2) is 10.7. The summed E-state index contributed by atoms with van der Waals surface area (Å²) >= 11 is 5.59. The number of carboxylic acids is 1. The number of anilines is 1. The third-order valence-electron chi connectivity index (χ3n) is 5.64. The number of benzene rings is 3. The van der Waals surface area contributed by atoms with Crippen LogP contribution < -0.4 is 10.6 Å². The third kappa shape index (κ3) is 5.25. The van der Waals surface area contributed by atoms with Crippen molar-refractivity contribution in [3.05, 3.63) is 40.4 Å². The molecule has 15 nitrogen and oxygen atoms in total. The van der Waals surface area contributed by atoms with Gasteiger partial charge in [0.25, 0.3) is 5.91 Å². The zero-order valence-corrected chi connectivity index (χ0v) is 20.2. The van der Waals surface area contributed by atoms with Gasteiger partial charge in [0.1, 0.15) is 16.5 Å². The molecule has 0 heterocycles. The molecule has 0 saturated carbocycles. The highest BCUT2D eigenvalue weighted by atomic mass is 35.5. The fraction of sp³-hybridized carbons (Fsp3) is 0.174. The van der Waals surface area contributed by atoms with Gasteiger partial charge in [0.05, 0.1) is 16.7 Å². The molecule has 3 aromatic carbocycles. The SMILES string of the molecule is O=C(O)c1cccc(-c2c(O)c(O)c(O)c(NCCNC(O)(O)C(O)c3c(O)c(O)c(O)c(Cl)c3O)c2O)c1. The van der Waals surface area contributed by atoms with E-state index in [0.29, 0.717) is 0 Å². The molecule has 210 valence electrons. The highest BCUT2D eigenvalue weighted by Gasteiger charge is 2.40. The Bertz CT molecular complexity index is 1420. The highest BCUT2D eigenvalue weighted by Crippen LogP contribution is 2.54. The Hall–Kier alpha value is -4.54. The van der Waals surface area contributed by atoms with E-state index in [1.165, 1.54) is 18.2 Å². The van der Waals surface area contributed by atoms with E-state index in [9.17, 15) is 66.1 Å². The van der Waals surface area contributed by atoms with Crippen LogP contribution in [0.2, 0.25) is 5.02 Å². The molecular formula is C23H23ClN2O13. The van der Waals surface area contributed by atoms with Gasteiger partial charge in [0.2, 0.25) is 11.5 Å². The first-order valence-electron chi connectivity index (χ1n) is 10.7. The second-order valence-electron chi connectivity index (χ2n) is 8.13. The van der Waals surface area contributed by atoms with Gasteiger partial charge in [-0.05, 0) is 17.7 Å². The summed E-state index contributed by atoms with van der Waals surface area (Å²) < 4.78 is 0. The van der Waals surface area contributed by atoms with E-state index < -0.39 is 98.9 Å². The maximum absolute atomic E-state index is 11.3. The summed E-state index contributed by atoms with van der Waals surface area (Å²) in [7, 11) is 0. The van der Waals surface area contributed by atoms with E-state index in [4.69, 9.17) is 11.6 Å². The van der Waals surface area contributed by atoms with Gasteiger partial charge in [0, 0.05) is 13.1 Å². The van der Waals surface area contributed by atoms with E-state index >= 15 is 0 Å². The van der Waals surface area contributed by atoms with Crippen LogP contribution in [-0.2, 0) is 0 Å². The monoisotopic (exact) mass is 570 g/mol. The predicted octanol–water partition coefficient (Wildman–Crippen LogP) is 0.723. The molecule has 0 saturated heterocycles. The largest absolute Gasteiger partial charge is 0.506 e. The summed E-state index contributed by atoms with van der Waals surface area (Å²) in [5.74, 6) is -13.3. The minimum absolute atomic E-state index is 0.0374. The molecule has 1 unspecified atom stereocenters. The van der Waals surface area contributed by atoms with Gasteiger partial charge < -0.3 is 66.6 Å². The summed E-state index contributed by atoms with van der Waals surface area (Å²) in [6.07, 6.45) is -2.56. The number of carbonyl (C=O) groups is 1. The molecule has 3 rings (SSSR count). The number of aromatic carboxylic acids is 1. The molecule has 39 heavy (non-hydrogen) atoms. The number of phenols is 8. The molecular weight excluding hydrogens is 548 g/mol. The van der Waals surface area contributed by atoms with Gasteiger partial charge in [-0.25, -0.2) is 4.79 Å². The summed E-state index contributed by atoms with van der Waals surface area (Å²) in [5.41, 5.74) is -2.28. The van der Waals surface area contributed by atoms with Gasteiger partial charge in [-0.3, -0.25) is 5.32 Å². The maximum atomic E-state index is 11.3. The van der Waals surface area contributed by atoms with Crippen LogP contribution in [0, 0.1) is 0 Å². The summed E-state index contributed by atoms with van der Waals surface area (Å²) in [5, 5.41) is 124. The average Bonchev–Trinajstić information content (AvgIpc) is 2.89. The van der Waals surface area contributed by atoms with Crippen molar-refractivity contribution in [2.75, 3.05) is 18.4 Å². The number of nitrogens with one attached hydrogen (secondary N) is 2. The van der Waals surface area contributed by atoms with Crippen LogP contribution in [-0.4, -0.2) is 86.2 Å². The summed E-state index contributed by atoms with van der Waals surface area (Å²) in [4.78, 5) is 11.3. The number of hydrogen-bond acceptors (Lipinski definition) is 14. The van der Waals surface area contributed by atoms with Crippen molar-refractivity contribution in [1.82, 2.24) is 5.32 Å². The van der Waals surface area contributed by atoms with Gasteiger partial charge >= 0.3 is 5.97 Å². The van der Waals surface area contributed by atoms with Crippen molar-refractivity contribution in [3.8, 4) is 57.1 Å². The van der Waals surface area contributed by atoms with Crippen molar-refractivity contribution < 1.29 is 66.1 Å². The Labute approximate surface area is 222 Å². The normalized spacial score (nSPS) is 12.3. The third-order valence-corrected chi connectivity index (χ3v) is 5.99. The second-order valence-corrected chi connectivity index (χ2v) is 8.51. The molecule has 3 aromatic rings. The molecule has 0 aliphatic heterocycles. The van der Waals surface area contributed by atoms with Gasteiger partial charge in [0.15, 0.2) is 34.9 Å². The molecule has 0 radical (unpaired) electrons. The lowest BCUT2D eigenvalue weighted by atomic mass is 9.99. The van der Waals surface area contributed by atoms with Gasteiger partial charge in [-0.1, -0.05) is 23.7 Å². The molecule has 14 N–H and O–H groups in total. The van der Waals surface area contributed by atoms with Crippen LogP contribution in [0.25, 0.3) is 11.1 Å². The van der Waals surface area contributed by atoms with Crippen molar-refractivity contribution in [3.63, 3.8) is 0 Å². The molecule has 0 aliphatic carbocycles. The molecule has 0 fully saturated rings. The van der Waals surface area contributed by atoms with Crippen LogP contribution in [0.3, 0.4) is 0 Å². The summed E-state index contributed by atoms with van der Waals surface area (Å²) in [6.45, 7) is -0.900. The van der Waals surface area contributed by atoms with Crippen molar-refractivity contribution in [1.29, 1.82) is 0 Å². The first-order chi connectivity index (χ1) is 18.1. The van der Waals surface area contributed by atoms with Crippen LogP contribution in [0.5, 0.6) is 46.0 Å². The Morgan fingerprint density at radius 2 is 1.44 bits per heavy atom. The number of aromatic hydroxyl groups is 8. The zero-order chi connectivity index (χ0) is 29.4. The molecule has 0 spiro atoms. The molecule has 0 aromatic heterocycles. The van der Waals surface area contributed by atoms with Crippen molar-refractivity contribution in [2.24, 2.45) is 0 Å². The lowest BCUT2D eigenvalue weighted by Gasteiger charge is -2.30. The molecule has 0 bridgehead atoms. The number of carboxylic acid groups (broad SMARTS) is 1. The molecule has 0 amide bonds. The fourth-order valence-corrected chi connectivity index (χ4v) is 3.82. The van der Waals surface area contributed by atoms with E-state index in [0.717, 1.165) is 6.07 Å². The first-order valence-corrected chi connectivity index (χ1v) is 11.1. The Kier molecular flexibility index (Phi) is 7.95. The highest BCUT2D eigenvalue weighted by molar-refractivity contribution is 6.34. The number of phenolic OH excluding ortho intramolecular Hbond substituents is 8. The molecule has 16 heteroatoms. The molecule has 0 aliphatic rings. The predicted molar refractivity (Wildman–Crippen MR) is 132 cm³/mol. The number of rotatable bonds is 9. The lowest BCUT2D eigenvalue weighted by molar-refractivity contribution is -0.248. The number of halogens is 1. The number of hydrogen-bond donors (Lipinski definition) is 14. The lowest BCUT2D eigenvalue weighted by Crippen LogP contribution is -2.51. The van der Waals surface area contributed by atoms with Crippen molar-refractivity contribution in [2.45, 2.75) is 12.0 Å². The maximum Gasteiger partial charge on any atom is 0.335 e. The van der Waals surface area contributed by atoms with Crippen LogP contribution in [0.1, 0.15) is 22.0 Å². The Morgan fingerprint density at radius 3 is 2.05 bits per heavy atom. The van der Waals surface area contributed by atoms with E-state index in [1.54, 1.807) is 0 Å². The number of aliphatic hydroxyl groups excluding tert-OH is 1.